The molecule has 0 heterocycles. The summed E-state index contributed by atoms with van der Waals surface area (Å²) in [6.07, 6.45) is 71.9. The third-order valence-electron chi connectivity index (χ3n) is 10.7. The number of likely N-dealkylation sites (N-methyl/N-ethyl adjacent to an activating group) is 1. The quantitative estimate of drug-likeness (QED) is 0.0195. The molecule has 0 aliphatic carbocycles. The minimum Gasteiger partial charge on any atom is -0.756 e. The van der Waals surface area contributed by atoms with Crippen molar-refractivity contribution in [3.8, 4) is 0 Å². The van der Waals surface area contributed by atoms with E-state index in [2.05, 4.69) is 148 Å². The second kappa shape index (κ2) is 50.1. The molecule has 0 fully saturated rings. The minimum absolute atomic E-state index is 0.0460. The first kappa shape index (κ1) is 66.2. The van der Waals surface area contributed by atoms with Crippen molar-refractivity contribution in [2.45, 2.75) is 187 Å². The van der Waals surface area contributed by atoms with Crippen LogP contribution in [0.5, 0.6) is 0 Å². The third-order valence-corrected chi connectivity index (χ3v) is 11.6. The Kier molecular flexibility index (Phi) is 47.3. The van der Waals surface area contributed by atoms with Gasteiger partial charge in [0.25, 0.3) is 7.82 Å². The van der Waals surface area contributed by atoms with E-state index >= 15 is 0 Å². The largest absolute Gasteiger partial charge is 0.756 e. The molecule has 0 saturated carbocycles. The number of quaternary nitrogens is 1. The fourth-order valence-corrected chi connectivity index (χ4v) is 7.29. The number of unbranched alkanes of at least 4 members (excludes halogenated alkanes) is 11. The summed E-state index contributed by atoms with van der Waals surface area (Å²) in [6.45, 7) is 3.94. The van der Waals surface area contributed by atoms with Crippen LogP contribution in [0, 0.1) is 0 Å². The van der Waals surface area contributed by atoms with Crippen LogP contribution in [0.2, 0.25) is 0 Å². The van der Waals surface area contributed by atoms with Gasteiger partial charge in [0.1, 0.15) is 19.8 Å². The van der Waals surface area contributed by atoms with Gasteiger partial charge in [-0.15, -0.1) is 0 Å². The fraction of sp³-hybridized carbons (Fsp3) is 0.600. The Hall–Kier alpha value is -3.85. The predicted octanol–water partition coefficient (Wildman–Crippen LogP) is 15.9. The van der Waals surface area contributed by atoms with Crippen LogP contribution in [-0.4, -0.2) is 70.0 Å². The van der Waals surface area contributed by atoms with Gasteiger partial charge in [-0.1, -0.05) is 192 Å². The number of phosphoric ester groups is 1. The van der Waals surface area contributed by atoms with E-state index in [1.807, 2.05) is 21.1 Å². The molecule has 0 aromatic carbocycles. The van der Waals surface area contributed by atoms with Crippen molar-refractivity contribution in [1.82, 2.24) is 0 Å². The molecule has 0 N–H and O–H groups in total. The van der Waals surface area contributed by atoms with E-state index in [1.165, 1.54) is 0 Å². The zero-order chi connectivity index (χ0) is 51.3. The number of nitrogens with zero attached hydrogens (tertiary/aromatic N) is 1. The number of rotatable bonds is 47. The molecular weight excluding hydrogens is 894 g/mol. The average molecular weight is 992 g/mol. The fourth-order valence-electron chi connectivity index (χ4n) is 6.57. The lowest BCUT2D eigenvalue weighted by Gasteiger charge is -2.28. The van der Waals surface area contributed by atoms with Gasteiger partial charge in [-0.05, 0) is 109 Å². The maximum Gasteiger partial charge on any atom is 0.306 e. The molecule has 2 atom stereocenters. The summed E-state index contributed by atoms with van der Waals surface area (Å²) in [5.41, 5.74) is 0. The van der Waals surface area contributed by atoms with Crippen molar-refractivity contribution in [2.75, 3.05) is 47.5 Å². The Balaban J connectivity index is 4.34. The SMILES string of the molecule is CC/C=C\C/C=C\C/C=C\C/C=C\C/C=C\C/C=C\CCCCCCCCC(=O)OC(COC(=O)CCCCCCC/C=C\C/C=C\C/C=C\C/C=C\C/C=C\CC)COP(=O)([O-])OCC[N+](C)(C)C. The first-order valence-corrected chi connectivity index (χ1v) is 28.4. The highest BCUT2D eigenvalue weighted by molar-refractivity contribution is 7.45. The molecule has 0 rings (SSSR count). The van der Waals surface area contributed by atoms with Crippen molar-refractivity contribution in [1.29, 1.82) is 0 Å². The van der Waals surface area contributed by atoms with Gasteiger partial charge in [0.15, 0.2) is 6.10 Å². The number of allylic oxidation sites excluding steroid dienone is 22. The number of hydrogen-bond donors (Lipinski definition) is 0. The molecule has 396 valence electrons. The van der Waals surface area contributed by atoms with Crippen LogP contribution in [0.4, 0.5) is 0 Å². The minimum atomic E-state index is -4.65. The Labute approximate surface area is 428 Å². The van der Waals surface area contributed by atoms with Crippen LogP contribution in [0.15, 0.2) is 134 Å². The molecule has 2 unspecified atom stereocenters. The Morgan fingerprint density at radius 2 is 0.771 bits per heavy atom. The number of carbonyl (C=O) groups excluding carboxylic acids is 2. The maximum absolute atomic E-state index is 12.8. The van der Waals surface area contributed by atoms with Crippen molar-refractivity contribution in [2.24, 2.45) is 0 Å². The molecule has 0 saturated heterocycles. The van der Waals surface area contributed by atoms with Crippen molar-refractivity contribution < 1.29 is 42.1 Å². The smallest absolute Gasteiger partial charge is 0.306 e. The van der Waals surface area contributed by atoms with Crippen LogP contribution >= 0.6 is 7.82 Å². The highest BCUT2D eigenvalue weighted by Crippen LogP contribution is 2.38. The monoisotopic (exact) mass is 992 g/mol. The summed E-state index contributed by atoms with van der Waals surface area (Å²) in [4.78, 5) is 37.8. The normalized spacial score (nSPS) is 14.4. The number of esters is 2. The standard InChI is InChI=1S/C60H98NO8P/c1-6-8-10-12-14-16-18-20-22-24-26-28-29-30-31-33-35-37-39-41-43-45-47-49-51-53-60(63)69-58(57-68-70(64,65)67-55-54-61(3,4)5)56-66-59(62)52-50-48-46-44-42-40-38-36-34-32-27-25-23-21-19-17-15-13-11-9-7-2/h8-11,14-17,20-23,26-28,30-32,35-38,58H,6-7,12-13,18-19,24-25,29,33-34,39-57H2,1-5H3/b10-8-,11-9-,16-14-,17-15-,22-20-,23-21-,28-26-,31-30-,32-27-,37-35-,38-36-. The molecule has 0 aromatic rings. The molecule has 9 nitrogen and oxygen atoms in total. The van der Waals surface area contributed by atoms with E-state index in [1.54, 1.807) is 0 Å². The second-order valence-corrected chi connectivity index (χ2v) is 19.9. The molecule has 0 radical (unpaired) electrons. The molecule has 0 bridgehead atoms. The van der Waals surface area contributed by atoms with Crippen LogP contribution < -0.4 is 4.89 Å². The Morgan fingerprint density at radius 1 is 0.443 bits per heavy atom. The molecule has 0 aromatic heterocycles. The zero-order valence-corrected chi connectivity index (χ0v) is 45.5. The second-order valence-electron chi connectivity index (χ2n) is 18.5. The van der Waals surface area contributed by atoms with Crippen molar-refractivity contribution in [3.63, 3.8) is 0 Å². The van der Waals surface area contributed by atoms with Gasteiger partial charge in [-0.3, -0.25) is 14.2 Å². The molecule has 70 heavy (non-hydrogen) atoms. The van der Waals surface area contributed by atoms with Gasteiger partial charge in [0.2, 0.25) is 0 Å². The van der Waals surface area contributed by atoms with Crippen LogP contribution in [0.25, 0.3) is 0 Å². The van der Waals surface area contributed by atoms with Gasteiger partial charge >= 0.3 is 11.9 Å². The predicted molar refractivity (Wildman–Crippen MR) is 295 cm³/mol. The molecule has 10 heteroatoms. The lowest BCUT2D eigenvalue weighted by Crippen LogP contribution is -2.37. The van der Waals surface area contributed by atoms with Crippen LogP contribution in [0.1, 0.15) is 181 Å². The van der Waals surface area contributed by atoms with E-state index in [0.29, 0.717) is 23.9 Å². The lowest BCUT2D eigenvalue weighted by molar-refractivity contribution is -0.870. The van der Waals surface area contributed by atoms with E-state index in [9.17, 15) is 19.0 Å². The molecule has 0 aliphatic rings. The number of carbonyl (C=O) groups is 2. The van der Waals surface area contributed by atoms with E-state index in [-0.39, 0.29) is 26.1 Å². The Morgan fingerprint density at radius 3 is 1.14 bits per heavy atom. The highest BCUT2D eigenvalue weighted by atomic mass is 31.2. The first-order chi connectivity index (χ1) is 34.0. The molecular formula is C60H98NO8P. The average Bonchev–Trinajstić information content (AvgIpc) is 3.32. The summed E-state index contributed by atoms with van der Waals surface area (Å²) in [7, 11) is 1.12. The summed E-state index contributed by atoms with van der Waals surface area (Å²) in [5.74, 6) is -0.885. The number of phosphoric acid groups is 1. The lowest BCUT2D eigenvalue weighted by atomic mass is 10.1. The highest BCUT2D eigenvalue weighted by Gasteiger charge is 2.21. The van der Waals surface area contributed by atoms with Gasteiger partial charge in [-0.25, -0.2) is 0 Å². The van der Waals surface area contributed by atoms with E-state index < -0.39 is 32.5 Å². The topological polar surface area (TPSA) is 111 Å². The molecule has 0 aliphatic heterocycles. The summed E-state index contributed by atoms with van der Waals surface area (Å²) in [5, 5.41) is 0. The maximum atomic E-state index is 12.8. The van der Waals surface area contributed by atoms with E-state index in [4.69, 9.17) is 18.5 Å². The third kappa shape index (κ3) is 53.5. The van der Waals surface area contributed by atoms with Crippen molar-refractivity contribution >= 4 is 19.8 Å². The van der Waals surface area contributed by atoms with Gasteiger partial charge in [0, 0.05) is 12.8 Å². The number of ether oxygens (including phenoxy) is 2. The Bertz CT molecular complexity index is 1640. The zero-order valence-electron chi connectivity index (χ0n) is 44.7. The first-order valence-electron chi connectivity index (χ1n) is 26.9. The van der Waals surface area contributed by atoms with Crippen LogP contribution in [0.3, 0.4) is 0 Å². The summed E-state index contributed by atoms with van der Waals surface area (Å²) in [6, 6.07) is 0. The van der Waals surface area contributed by atoms with Crippen LogP contribution in [-0.2, 0) is 32.7 Å². The summed E-state index contributed by atoms with van der Waals surface area (Å²) >= 11 is 0. The summed E-state index contributed by atoms with van der Waals surface area (Å²) < 4.78 is 34.1. The van der Waals surface area contributed by atoms with Crippen molar-refractivity contribution in [3.05, 3.63) is 134 Å². The van der Waals surface area contributed by atoms with E-state index in [0.717, 1.165) is 141 Å². The molecule has 0 spiro atoms. The van der Waals surface area contributed by atoms with Gasteiger partial charge in [-0.2, -0.15) is 0 Å². The molecule has 0 amide bonds. The number of hydrogen-bond acceptors (Lipinski definition) is 8. The van der Waals surface area contributed by atoms with Gasteiger partial charge < -0.3 is 27.9 Å². The van der Waals surface area contributed by atoms with Gasteiger partial charge in [0.05, 0.1) is 27.7 Å².